The molecule has 0 spiro atoms. The van der Waals surface area contributed by atoms with Gasteiger partial charge in [-0.3, -0.25) is 0 Å². The lowest BCUT2D eigenvalue weighted by Crippen LogP contribution is -2.12. The van der Waals surface area contributed by atoms with Crippen LogP contribution in [-0.4, -0.2) is 0 Å². The zero-order valence-electron chi connectivity index (χ0n) is 10.1. The molecule has 0 aliphatic heterocycles. The molecule has 0 aliphatic rings. The van der Waals surface area contributed by atoms with Crippen LogP contribution in [0.5, 0.6) is 0 Å². The minimum atomic E-state index is -0.111. The quantitative estimate of drug-likeness (QED) is 0.876. The number of hydrogen-bond acceptors (Lipinski definition) is 2. The second-order valence-electron chi connectivity index (χ2n) is 4.23. The third-order valence-corrected chi connectivity index (χ3v) is 2.70. The van der Waals surface area contributed by atoms with Gasteiger partial charge in [0.05, 0.1) is 12.8 Å². The van der Waals surface area contributed by atoms with E-state index in [0.29, 0.717) is 24.2 Å². The van der Waals surface area contributed by atoms with Gasteiger partial charge in [-0.1, -0.05) is 12.1 Å². The number of nitrogens with one attached hydrogen (secondary N) is 1. The fourth-order valence-corrected chi connectivity index (χ4v) is 1.88. The van der Waals surface area contributed by atoms with Gasteiger partial charge in [0.15, 0.2) is 0 Å². The van der Waals surface area contributed by atoms with Gasteiger partial charge < -0.3 is 9.73 Å². The van der Waals surface area contributed by atoms with E-state index in [-0.39, 0.29) is 5.82 Å². The summed E-state index contributed by atoms with van der Waals surface area (Å²) in [6.07, 6.45) is 1.66. The Balaban J connectivity index is 1.95. The molecule has 0 saturated carbocycles. The Labute approximate surface area is 100 Å². The highest BCUT2D eigenvalue weighted by molar-refractivity contribution is 5.30. The van der Waals surface area contributed by atoms with Crippen LogP contribution < -0.4 is 5.32 Å². The van der Waals surface area contributed by atoms with Gasteiger partial charge in [0, 0.05) is 6.54 Å². The molecule has 17 heavy (non-hydrogen) atoms. The Morgan fingerprint density at radius 3 is 2.47 bits per heavy atom. The maximum absolute atomic E-state index is 13.4. The normalized spacial score (nSPS) is 10.8. The molecule has 0 aliphatic carbocycles. The molecule has 0 radical (unpaired) electrons. The van der Waals surface area contributed by atoms with Crippen LogP contribution in [0.3, 0.4) is 0 Å². The SMILES string of the molecule is Cc1cc(CNCc2ccco2)cc(C)c1F. The van der Waals surface area contributed by atoms with Crippen molar-refractivity contribution in [3.63, 3.8) is 0 Å². The van der Waals surface area contributed by atoms with E-state index >= 15 is 0 Å². The monoisotopic (exact) mass is 233 g/mol. The van der Waals surface area contributed by atoms with Crippen LogP contribution in [0.1, 0.15) is 22.5 Å². The Morgan fingerprint density at radius 1 is 1.18 bits per heavy atom. The number of rotatable bonds is 4. The van der Waals surface area contributed by atoms with Crippen LogP contribution in [0, 0.1) is 19.7 Å². The molecular weight excluding hydrogens is 217 g/mol. The van der Waals surface area contributed by atoms with Crippen molar-refractivity contribution in [3.8, 4) is 0 Å². The Hall–Kier alpha value is -1.61. The van der Waals surface area contributed by atoms with Crippen molar-refractivity contribution in [3.05, 3.63) is 58.8 Å². The second-order valence-corrected chi connectivity index (χ2v) is 4.23. The van der Waals surface area contributed by atoms with E-state index in [2.05, 4.69) is 5.32 Å². The van der Waals surface area contributed by atoms with Crippen molar-refractivity contribution in [2.24, 2.45) is 0 Å². The fraction of sp³-hybridized carbons (Fsp3) is 0.286. The molecule has 1 aromatic heterocycles. The summed E-state index contributed by atoms with van der Waals surface area (Å²) in [4.78, 5) is 0. The van der Waals surface area contributed by atoms with Crippen LogP contribution in [0.15, 0.2) is 34.9 Å². The van der Waals surface area contributed by atoms with Gasteiger partial charge in [-0.15, -0.1) is 0 Å². The predicted octanol–water partition coefficient (Wildman–Crippen LogP) is 3.33. The molecule has 1 N–H and O–H groups in total. The lowest BCUT2D eigenvalue weighted by atomic mass is 10.1. The number of aryl methyl sites for hydroxylation is 2. The minimum Gasteiger partial charge on any atom is -0.468 e. The first-order valence-electron chi connectivity index (χ1n) is 5.65. The number of benzene rings is 1. The topological polar surface area (TPSA) is 25.2 Å². The lowest BCUT2D eigenvalue weighted by Gasteiger charge is -2.07. The average molecular weight is 233 g/mol. The molecule has 3 heteroatoms. The highest BCUT2D eigenvalue weighted by atomic mass is 19.1. The van der Waals surface area contributed by atoms with Crippen LogP contribution in [-0.2, 0) is 13.1 Å². The molecule has 1 aromatic carbocycles. The van der Waals surface area contributed by atoms with Crippen LogP contribution >= 0.6 is 0 Å². The average Bonchev–Trinajstić information content (AvgIpc) is 2.79. The summed E-state index contributed by atoms with van der Waals surface area (Å²) in [5.41, 5.74) is 2.48. The molecular formula is C14H16FNO. The number of halogens is 1. The number of furan rings is 1. The summed E-state index contributed by atoms with van der Waals surface area (Å²) in [5, 5.41) is 3.26. The molecule has 2 rings (SSSR count). The van der Waals surface area contributed by atoms with Crippen LogP contribution in [0.2, 0.25) is 0 Å². The molecule has 0 fully saturated rings. The third-order valence-electron chi connectivity index (χ3n) is 2.70. The first-order valence-corrected chi connectivity index (χ1v) is 5.65. The first-order chi connectivity index (χ1) is 8.16. The van der Waals surface area contributed by atoms with Crippen molar-refractivity contribution >= 4 is 0 Å². The molecule has 0 saturated heterocycles. The fourth-order valence-electron chi connectivity index (χ4n) is 1.88. The van der Waals surface area contributed by atoms with E-state index in [1.54, 1.807) is 20.1 Å². The van der Waals surface area contributed by atoms with Gasteiger partial charge >= 0.3 is 0 Å². The highest BCUT2D eigenvalue weighted by Gasteiger charge is 2.04. The summed E-state index contributed by atoms with van der Waals surface area (Å²) in [6, 6.07) is 7.53. The summed E-state index contributed by atoms with van der Waals surface area (Å²) in [6.45, 7) is 4.97. The van der Waals surface area contributed by atoms with Crippen LogP contribution in [0.25, 0.3) is 0 Å². The van der Waals surface area contributed by atoms with Crippen LogP contribution in [0.4, 0.5) is 4.39 Å². The van der Waals surface area contributed by atoms with Gasteiger partial charge in [-0.25, -0.2) is 4.39 Å². The summed E-state index contributed by atoms with van der Waals surface area (Å²) < 4.78 is 18.6. The van der Waals surface area contributed by atoms with Gasteiger partial charge in [0.2, 0.25) is 0 Å². The van der Waals surface area contributed by atoms with Crippen molar-refractivity contribution in [1.82, 2.24) is 5.32 Å². The summed E-state index contributed by atoms with van der Waals surface area (Å²) in [5.74, 6) is 0.792. The van der Waals surface area contributed by atoms with Gasteiger partial charge in [-0.05, 0) is 42.7 Å². The zero-order valence-corrected chi connectivity index (χ0v) is 10.1. The highest BCUT2D eigenvalue weighted by Crippen LogP contribution is 2.14. The van der Waals surface area contributed by atoms with E-state index in [1.807, 2.05) is 24.3 Å². The van der Waals surface area contributed by atoms with E-state index in [0.717, 1.165) is 11.3 Å². The largest absolute Gasteiger partial charge is 0.468 e. The first kappa shape index (κ1) is 11.9. The minimum absolute atomic E-state index is 0.111. The van der Waals surface area contributed by atoms with Crippen molar-refractivity contribution in [1.29, 1.82) is 0 Å². The van der Waals surface area contributed by atoms with E-state index in [9.17, 15) is 4.39 Å². The second kappa shape index (κ2) is 5.15. The van der Waals surface area contributed by atoms with E-state index < -0.39 is 0 Å². The van der Waals surface area contributed by atoms with Crippen molar-refractivity contribution in [2.45, 2.75) is 26.9 Å². The molecule has 0 amide bonds. The Kier molecular flexibility index (Phi) is 3.59. The molecule has 0 bridgehead atoms. The predicted molar refractivity (Wildman–Crippen MR) is 65.1 cm³/mol. The van der Waals surface area contributed by atoms with Gasteiger partial charge in [0.25, 0.3) is 0 Å². The lowest BCUT2D eigenvalue weighted by molar-refractivity contribution is 0.483. The summed E-state index contributed by atoms with van der Waals surface area (Å²) in [7, 11) is 0. The Morgan fingerprint density at radius 2 is 1.88 bits per heavy atom. The maximum atomic E-state index is 13.4. The molecule has 90 valence electrons. The van der Waals surface area contributed by atoms with Gasteiger partial charge in [-0.2, -0.15) is 0 Å². The number of hydrogen-bond donors (Lipinski definition) is 1. The Bertz CT molecular complexity index is 468. The van der Waals surface area contributed by atoms with Gasteiger partial charge in [0.1, 0.15) is 11.6 Å². The van der Waals surface area contributed by atoms with E-state index in [1.165, 1.54) is 0 Å². The third kappa shape index (κ3) is 2.94. The van der Waals surface area contributed by atoms with Crippen molar-refractivity contribution in [2.75, 3.05) is 0 Å². The van der Waals surface area contributed by atoms with E-state index in [4.69, 9.17) is 4.42 Å². The molecule has 0 unspecified atom stereocenters. The smallest absolute Gasteiger partial charge is 0.129 e. The van der Waals surface area contributed by atoms with Crippen molar-refractivity contribution < 1.29 is 8.81 Å². The standard InChI is InChI=1S/C14H16FNO/c1-10-6-12(7-11(2)14(10)15)8-16-9-13-4-3-5-17-13/h3-7,16H,8-9H2,1-2H3. The molecule has 2 aromatic rings. The maximum Gasteiger partial charge on any atom is 0.129 e. The molecule has 0 atom stereocenters. The molecule has 1 heterocycles. The zero-order chi connectivity index (χ0) is 12.3. The summed E-state index contributed by atoms with van der Waals surface area (Å²) >= 11 is 0. The molecule has 2 nitrogen and oxygen atoms in total.